The van der Waals surface area contributed by atoms with Gasteiger partial charge in [-0.25, -0.2) is 0 Å². The van der Waals surface area contributed by atoms with Crippen molar-refractivity contribution >= 4 is 5.97 Å². The molecule has 3 aliphatic rings. The van der Waals surface area contributed by atoms with Gasteiger partial charge in [0.05, 0.1) is 5.41 Å². The molecule has 0 aromatic heterocycles. The average Bonchev–Trinajstić information content (AvgIpc) is 2.46. The summed E-state index contributed by atoms with van der Waals surface area (Å²) in [7, 11) is 0. The number of carbonyl (C=O) groups is 1. The fourth-order valence-corrected chi connectivity index (χ4v) is 6.10. The van der Waals surface area contributed by atoms with Gasteiger partial charge in [-0.3, -0.25) is 4.79 Å². The van der Waals surface area contributed by atoms with Gasteiger partial charge in [0.15, 0.2) is 0 Å². The summed E-state index contributed by atoms with van der Waals surface area (Å²) in [4.78, 5) is 12.0. The predicted molar refractivity (Wildman–Crippen MR) is 89.6 cm³/mol. The molecule has 0 unspecified atom stereocenters. The average molecular weight is 304 g/mol. The molecule has 2 fully saturated rings. The van der Waals surface area contributed by atoms with Crippen molar-refractivity contribution in [1.29, 1.82) is 0 Å². The molecule has 0 spiro atoms. The zero-order valence-corrected chi connectivity index (χ0v) is 14.7. The Kier molecular flexibility index (Phi) is 3.94. The van der Waals surface area contributed by atoms with Crippen LogP contribution < -0.4 is 0 Å². The van der Waals surface area contributed by atoms with Crippen molar-refractivity contribution < 1.29 is 9.90 Å². The second-order valence-corrected chi connectivity index (χ2v) is 8.95. The summed E-state index contributed by atoms with van der Waals surface area (Å²) in [5, 5.41) is 9.85. The quantitative estimate of drug-likeness (QED) is 0.704. The van der Waals surface area contributed by atoms with Gasteiger partial charge in [-0.2, -0.15) is 0 Å². The van der Waals surface area contributed by atoms with Gasteiger partial charge in [0.1, 0.15) is 0 Å². The zero-order valence-electron chi connectivity index (χ0n) is 14.7. The second-order valence-electron chi connectivity index (χ2n) is 8.95. The maximum absolute atomic E-state index is 12.0. The summed E-state index contributed by atoms with van der Waals surface area (Å²) in [5.41, 5.74) is 1.36. The zero-order chi connectivity index (χ0) is 16.1. The van der Waals surface area contributed by atoms with E-state index in [0.29, 0.717) is 11.8 Å². The molecular formula is C20H32O2. The molecule has 22 heavy (non-hydrogen) atoms. The number of rotatable bonds is 2. The van der Waals surface area contributed by atoms with E-state index in [1.54, 1.807) is 5.57 Å². The Morgan fingerprint density at radius 1 is 1.23 bits per heavy atom. The molecule has 0 saturated heterocycles. The highest BCUT2D eigenvalue weighted by Crippen LogP contribution is 2.63. The van der Waals surface area contributed by atoms with Crippen LogP contribution in [0.2, 0.25) is 0 Å². The lowest BCUT2D eigenvalue weighted by atomic mass is 9.45. The normalized spacial score (nSPS) is 45.0. The fraction of sp³-hybridized carbons (Fsp3) is 0.850. The maximum Gasteiger partial charge on any atom is 0.309 e. The summed E-state index contributed by atoms with van der Waals surface area (Å²) in [5.74, 6) is 1.89. The highest BCUT2D eigenvalue weighted by Gasteiger charge is 2.58. The fourth-order valence-electron chi connectivity index (χ4n) is 6.10. The first-order chi connectivity index (χ1) is 10.3. The molecule has 0 aromatic rings. The predicted octanol–water partition coefficient (Wildman–Crippen LogP) is 5.29. The van der Waals surface area contributed by atoms with E-state index in [1.165, 1.54) is 19.3 Å². The minimum absolute atomic E-state index is 0.206. The summed E-state index contributed by atoms with van der Waals surface area (Å²) < 4.78 is 0. The summed E-state index contributed by atoms with van der Waals surface area (Å²) in [6.07, 6.45) is 10.5. The molecule has 5 atom stereocenters. The van der Waals surface area contributed by atoms with E-state index >= 15 is 0 Å². The van der Waals surface area contributed by atoms with Crippen LogP contribution in [0.3, 0.4) is 0 Å². The standard InChI is InChI=1S/C20H32O2/c1-13(2)14-6-8-16-15(12-14)7-9-17-19(16,3)10-5-11-20(17,4)18(21)22/h12-14,16-17H,5-11H2,1-4H3,(H,21,22)/t14-,16-,17-,19-,20-/m1/s1. The van der Waals surface area contributed by atoms with Gasteiger partial charge < -0.3 is 5.11 Å². The Balaban J connectivity index is 1.94. The summed E-state index contributed by atoms with van der Waals surface area (Å²) in [6, 6.07) is 0. The molecule has 124 valence electrons. The number of allylic oxidation sites excluding steroid dienone is 2. The van der Waals surface area contributed by atoms with Gasteiger partial charge in [-0.15, -0.1) is 0 Å². The van der Waals surface area contributed by atoms with Crippen LogP contribution in [0.15, 0.2) is 11.6 Å². The lowest BCUT2D eigenvalue weighted by Gasteiger charge is -2.58. The maximum atomic E-state index is 12.0. The van der Waals surface area contributed by atoms with Gasteiger partial charge in [0.2, 0.25) is 0 Å². The van der Waals surface area contributed by atoms with E-state index in [-0.39, 0.29) is 5.41 Å². The first-order valence-corrected chi connectivity index (χ1v) is 9.23. The molecule has 0 heterocycles. The van der Waals surface area contributed by atoms with Crippen LogP contribution >= 0.6 is 0 Å². The van der Waals surface area contributed by atoms with E-state index in [4.69, 9.17) is 0 Å². The molecular weight excluding hydrogens is 272 g/mol. The van der Waals surface area contributed by atoms with Crippen molar-refractivity contribution in [3.05, 3.63) is 11.6 Å². The Hall–Kier alpha value is -0.790. The van der Waals surface area contributed by atoms with Crippen molar-refractivity contribution in [2.24, 2.45) is 34.5 Å². The number of hydrogen-bond donors (Lipinski definition) is 1. The molecule has 2 heteroatoms. The van der Waals surface area contributed by atoms with Crippen molar-refractivity contribution in [2.45, 2.75) is 72.6 Å². The van der Waals surface area contributed by atoms with Crippen LogP contribution in [0, 0.1) is 34.5 Å². The van der Waals surface area contributed by atoms with Crippen molar-refractivity contribution in [1.82, 2.24) is 0 Å². The van der Waals surface area contributed by atoms with E-state index in [0.717, 1.165) is 37.5 Å². The minimum Gasteiger partial charge on any atom is -0.481 e. The van der Waals surface area contributed by atoms with Crippen LogP contribution in [0.4, 0.5) is 0 Å². The Bertz CT molecular complexity index is 492. The van der Waals surface area contributed by atoms with Crippen LogP contribution in [0.25, 0.3) is 0 Å². The third-order valence-electron chi connectivity index (χ3n) is 7.50. The number of hydrogen-bond acceptors (Lipinski definition) is 1. The van der Waals surface area contributed by atoms with Gasteiger partial charge in [-0.05, 0) is 74.5 Å². The van der Waals surface area contributed by atoms with Crippen molar-refractivity contribution in [2.75, 3.05) is 0 Å². The molecule has 3 aliphatic carbocycles. The Morgan fingerprint density at radius 2 is 1.95 bits per heavy atom. The molecule has 0 aromatic carbocycles. The van der Waals surface area contributed by atoms with Crippen LogP contribution in [-0.4, -0.2) is 11.1 Å². The first kappa shape index (κ1) is 16.1. The number of fused-ring (bicyclic) bond motifs is 3. The van der Waals surface area contributed by atoms with E-state index in [2.05, 4.69) is 26.8 Å². The molecule has 1 N–H and O–H groups in total. The molecule has 0 amide bonds. The number of carboxylic acids is 1. The minimum atomic E-state index is -0.563. The summed E-state index contributed by atoms with van der Waals surface area (Å²) in [6.45, 7) is 9.09. The molecule has 2 saturated carbocycles. The molecule has 0 bridgehead atoms. The Morgan fingerprint density at radius 3 is 2.59 bits per heavy atom. The van der Waals surface area contributed by atoms with Gasteiger partial charge in [0.25, 0.3) is 0 Å². The monoisotopic (exact) mass is 304 g/mol. The Labute approximate surface area is 135 Å². The van der Waals surface area contributed by atoms with E-state index in [9.17, 15) is 9.90 Å². The first-order valence-electron chi connectivity index (χ1n) is 9.23. The van der Waals surface area contributed by atoms with Crippen LogP contribution in [0.1, 0.15) is 72.6 Å². The number of carboxylic acid groups (broad SMARTS) is 1. The lowest BCUT2D eigenvalue weighted by Crippen LogP contribution is -2.54. The topological polar surface area (TPSA) is 37.3 Å². The summed E-state index contributed by atoms with van der Waals surface area (Å²) >= 11 is 0. The highest BCUT2D eigenvalue weighted by atomic mass is 16.4. The largest absolute Gasteiger partial charge is 0.481 e. The molecule has 2 nitrogen and oxygen atoms in total. The smallest absolute Gasteiger partial charge is 0.309 e. The van der Waals surface area contributed by atoms with E-state index < -0.39 is 11.4 Å². The molecule has 0 radical (unpaired) electrons. The van der Waals surface area contributed by atoms with E-state index in [1.807, 2.05) is 6.92 Å². The lowest BCUT2D eigenvalue weighted by molar-refractivity contribution is -0.164. The molecule has 3 rings (SSSR count). The molecule has 0 aliphatic heterocycles. The SMILES string of the molecule is CC(C)[C@H]1C=C2CC[C@@H]3[C@](C)(CCC[C@@]3(C)C(=O)O)[C@@H]2CC1. The third kappa shape index (κ3) is 2.25. The van der Waals surface area contributed by atoms with Gasteiger partial charge in [-0.1, -0.05) is 38.8 Å². The van der Waals surface area contributed by atoms with Crippen molar-refractivity contribution in [3.8, 4) is 0 Å². The van der Waals surface area contributed by atoms with Crippen molar-refractivity contribution in [3.63, 3.8) is 0 Å². The highest BCUT2D eigenvalue weighted by molar-refractivity contribution is 5.75. The van der Waals surface area contributed by atoms with Crippen LogP contribution in [-0.2, 0) is 4.79 Å². The third-order valence-corrected chi connectivity index (χ3v) is 7.50. The van der Waals surface area contributed by atoms with Gasteiger partial charge in [0, 0.05) is 0 Å². The van der Waals surface area contributed by atoms with Crippen LogP contribution in [0.5, 0.6) is 0 Å². The van der Waals surface area contributed by atoms with Gasteiger partial charge >= 0.3 is 5.97 Å². The second kappa shape index (κ2) is 5.39. The number of aliphatic carboxylic acids is 1.